The van der Waals surface area contributed by atoms with Crippen molar-refractivity contribution in [3.05, 3.63) is 59.0 Å². The second kappa shape index (κ2) is 7.64. The monoisotopic (exact) mass is 396 g/mol. The van der Waals surface area contributed by atoms with Crippen molar-refractivity contribution in [2.24, 2.45) is 0 Å². The number of rotatable bonds is 4. The fourth-order valence-corrected chi connectivity index (χ4v) is 3.79. The Balaban J connectivity index is 1.85. The van der Waals surface area contributed by atoms with Crippen LogP contribution in [0.15, 0.2) is 42.7 Å². The Bertz CT molecular complexity index is 1010. The molecule has 4 rings (SSSR count). The average Bonchev–Trinajstić information content (AvgIpc) is 3.08. The van der Waals surface area contributed by atoms with Crippen molar-refractivity contribution in [3.8, 4) is 22.7 Å². The molecule has 144 valence electrons. The van der Waals surface area contributed by atoms with Crippen molar-refractivity contribution < 1.29 is 9.53 Å². The molecule has 0 saturated heterocycles. The standard InChI is InChI=1S/C21H21ClN4O2/c1-3-25(4-2)21(27)28-20-19-17-7-6-15(22)13-14(17)5-8-18(19)26(24-20)16-9-11-23-12-10-16/h6-7,9-13H,3-5,8H2,1-2H3. The first-order valence-electron chi connectivity index (χ1n) is 9.40. The van der Waals surface area contributed by atoms with E-state index in [1.54, 1.807) is 17.3 Å². The summed E-state index contributed by atoms with van der Waals surface area (Å²) in [5, 5.41) is 5.36. The molecule has 3 aromatic rings. The van der Waals surface area contributed by atoms with Crippen LogP contribution in [0.4, 0.5) is 4.79 Å². The van der Waals surface area contributed by atoms with Crippen LogP contribution in [0.25, 0.3) is 16.8 Å². The SMILES string of the molecule is CCN(CC)C(=O)Oc1nn(-c2ccncc2)c2c1-c1ccc(Cl)cc1CC2. The summed E-state index contributed by atoms with van der Waals surface area (Å²) in [5.41, 5.74) is 4.90. The largest absolute Gasteiger partial charge is 0.416 e. The summed E-state index contributed by atoms with van der Waals surface area (Å²) in [4.78, 5) is 18.3. The molecular weight excluding hydrogens is 376 g/mol. The molecule has 7 heteroatoms. The summed E-state index contributed by atoms with van der Waals surface area (Å²) in [6.45, 7) is 5.00. The lowest BCUT2D eigenvalue weighted by molar-refractivity contribution is 0.155. The molecule has 6 nitrogen and oxygen atoms in total. The molecular formula is C21H21ClN4O2. The molecule has 0 unspecified atom stereocenters. The van der Waals surface area contributed by atoms with E-state index < -0.39 is 6.09 Å². The first-order valence-corrected chi connectivity index (χ1v) is 9.78. The van der Waals surface area contributed by atoms with Crippen molar-refractivity contribution in [1.82, 2.24) is 19.7 Å². The number of nitrogens with zero attached hydrogens (tertiary/aromatic N) is 4. The molecule has 1 aliphatic carbocycles. The van der Waals surface area contributed by atoms with E-state index >= 15 is 0 Å². The first kappa shape index (κ1) is 18.5. The van der Waals surface area contributed by atoms with Crippen molar-refractivity contribution in [2.75, 3.05) is 13.1 Å². The molecule has 2 heterocycles. The Kier molecular flexibility index (Phi) is 5.05. The van der Waals surface area contributed by atoms with E-state index in [4.69, 9.17) is 16.3 Å². The van der Waals surface area contributed by atoms with E-state index in [2.05, 4.69) is 10.1 Å². The Morgan fingerprint density at radius 3 is 2.64 bits per heavy atom. The number of fused-ring (bicyclic) bond motifs is 3. The van der Waals surface area contributed by atoms with Crippen molar-refractivity contribution in [3.63, 3.8) is 0 Å². The number of hydrogen-bond donors (Lipinski definition) is 0. The number of ether oxygens (including phenoxy) is 1. The highest BCUT2D eigenvalue weighted by molar-refractivity contribution is 6.30. The van der Waals surface area contributed by atoms with Gasteiger partial charge in [-0.15, -0.1) is 5.10 Å². The Morgan fingerprint density at radius 2 is 1.93 bits per heavy atom. The molecule has 0 spiro atoms. The van der Waals surface area contributed by atoms with Gasteiger partial charge in [-0.2, -0.15) is 0 Å². The predicted molar refractivity (Wildman–Crippen MR) is 108 cm³/mol. The zero-order chi connectivity index (χ0) is 19.7. The van der Waals surface area contributed by atoms with Gasteiger partial charge in [-0.1, -0.05) is 17.7 Å². The summed E-state index contributed by atoms with van der Waals surface area (Å²) < 4.78 is 7.60. The summed E-state index contributed by atoms with van der Waals surface area (Å²) >= 11 is 6.19. The third-order valence-electron chi connectivity index (χ3n) is 5.03. The van der Waals surface area contributed by atoms with Crippen molar-refractivity contribution >= 4 is 17.7 Å². The number of hydrogen-bond acceptors (Lipinski definition) is 4. The number of aryl methyl sites for hydroxylation is 1. The topological polar surface area (TPSA) is 60.3 Å². The molecule has 0 fully saturated rings. The minimum Gasteiger partial charge on any atom is -0.389 e. The summed E-state index contributed by atoms with van der Waals surface area (Å²) in [7, 11) is 0. The number of amides is 1. The smallest absolute Gasteiger partial charge is 0.389 e. The van der Waals surface area contributed by atoms with Gasteiger partial charge in [0.15, 0.2) is 0 Å². The van der Waals surface area contributed by atoms with Crippen LogP contribution in [-0.2, 0) is 12.8 Å². The fourth-order valence-electron chi connectivity index (χ4n) is 3.60. The number of pyridine rings is 1. The molecule has 28 heavy (non-hydrogen) atoms. The molecule has 0 bridgehead atoms. The van der Waals surface area contributed by atoms with Gasteiger partial charge < -0.3 is 9.64 Å². The lowest BCUT2D eigenvalue weighted by Crippen LogP contribution is -2.33. The quantitative estimate of drug-likeness (QED) is 0.650. The molecule has 1 aromatic carbocycles. The van der Waals surface area contributed by atoms with Crippen LogP contribution in [0.2, 0.25) is 5.02 Å². The Hall–Kier alpha value is -2.86. The zero-order valence-electron chi connectivity index (χ0n) is 15.9. The van der Waals surface area contributed by atoms with E-state index in [0.717, 1.165) is 40.9 Å². The van der Waals surface area contributed by atoms with Gasteiger partial charge in [0.1, 0.15) is 0 Å². The van der Waals surface area contributed by atoms with E-state index in [0.29, 0.717) is 24.0 Å². The van der Waals surface area contributed by atoms with Gasteiger partial charge in [0.05, 0.1) is 16.9 Å². The Morgan fingerprint density at radius 1 is 1.18 bits per heavy atom. The van der Waals surface area contributed by atoms with E-state index in [-0.39, 0.29) is 0 Å². The average molecular weight is 397 g/mol. The van der Waals surface area contributed by atoms with E-state index in [9.17, 15) is 4.79 Å². The summed E-state index contributed by atoms with van der Waals surface area (Å²) in [6.07, 6.45) is 4.68. The normalized spacial score (nSPS) is 12.2. The maximum absolute atomic E-state index is 12.6. The molecule has 0 aliphatic heterocycles. The van der Waals surface area contributed by atoms with Crippen molar-refractivity contribution in [2.45, 2.75) is 26.7 Å². The van der Waals surface area contributed by atoms with Gasteiger partial charge in [-0.3, -0.25) is 4.98 Å². The van der Waals surface area contributed by atoms with Crippen LogP contribution < -0.4 is 4.74 Å². The number of carbonyl (C=O) groups excluding carboxylic acids is 1. The molecule has 0 atom stereocenters. The lowest BCUT2D eigenvalue weighted by Gasteiger charge is -2.20. The maximum Gasteiger partial charge on any atom is 0.416 e. The van der Waals surface area contributed by atoms with Crippen molar-refractivity contribution in [1.29, 1.82) is 0 Å². The Labute approximate surface area is 168 Å². The third-order valence-corrected chi connectivity index (χ3v) is 5.26. The first-order chi connectivity index (χ1) is 13.6. The van der Waals surface area contributed by atoms with E-state index in [1.165, 1.54) is 0 Å². The van der Waals surface area contributed by atoms with E-state index in [1.807, 2.05) is 48.9 Å². The third kappa shape index (κ3) is 3.24. The highest BCUT2D eigenvalue weighted by Crippen LogP contribution is 2.41. The van der Waals surface area contributed by atoms with Crippen LogP contribution >= 0.6 is 11.6 Å². The van der Waals surface area contributed by atoms with Crippen LogP contribution in [0.5, 0.6) is 5.88 Å². The zero-order valence-corrected chi connectivity index (χ0v) is 16.6. The molecule has 0 radical (unpaired) electrons. The fraction of sp³-hybridized carbons (Fsp3) is 0.286. The van der Waals surface area contributed by atoms with Gasteiger partial charge in [-0.05, 0) is 62.1 Å². The lowest BCUT2D eigenvalue weighted by atomic mass is 9.89. The molecule has 2 aromatic heterocycles. The van der Waals surface area contributed by atoms with Crippen LogP contribution in [0.3, 0.4) is 0 Å². The number of aromatic nitrogens is 3. The number of halogens is 1. The second-order valence-electron chi connectivity index (χ2n) is 6.59. The highest BCUT2D eigenvalue weighted by atomic mass is 35.5. The highest BCUT2D eigenvalue weighted by Gasteiger charge is 2.29. The van der Waals surface area contributed by atoms with Crippen LogP contribution in [0.1, 0.15) is 25.1 Å². The minimum atomic E-state index is -0.395. The minimum absolute atomic E-state index is 0.326. The molecule has 0 N–H and O–H groups in total. The van der Waals surface area contributed by atoms with Gasteiger partial charge >= 0.3 is 6.09 Å². The molecule has 1 amide bonds. The molecule has 1 aliphatic rings. The van der Waals surface area contributed by atoms with Gasteiger partial charge in [0.25, 0.3) is 5.88 Å². The summed E-state index contributed by atoms with van der Waals surface area (Å²) in [5.74, 6) is 0.326. The predicted octanol–water partition coefficient (Wildman–Crippen LogP) is 4.53. The van der Waals surface area contributed by atoms with Crippen LogP contribution in [-0.4, -0.2) is 38.8 Å². The molecule has 0 saturated carbocycles. The summed E-state index contributed by atoms with van der Waals surface area (Å²) in [6, 6.07) is 9.58. The van der Waals surface area contributed by atoms with Gasteiger partial charge in [-0.25, -0.2) is 9.48 Å². The second-order valence-corrected chi connectivity index (χ2v) is 7.02. The van der Waals surface area contributed by atoms with Crippen LogP contribution in [0, 0.1) is 0 Å². The number of carbonyl (C=O) groups is 1. The number of benzene rings is 1. The van der Waals surface area contributed by atoms with Gasteiger partial charge in [0, 0.05) is 30.5 Å². The van der Waals surface area contributed by atoms with Gasteiger partial charge in [0.2, 0.25) is 0 Å². The maximum atomic E-state index is 12.6.